The molecule has 0 saturated carbocycles. The van der Waals surface area contributed by atoms with E-state index in [-0.39, 0.29) is 12.8 Å². The molecule has 1 aromatic carbocycles. The summed E-state index contributed by atoms with van der Waals surface area (Å²) in [4.78, 5) is 0. The van der Waals surface area contributed by atoms with Crippen molar-refractivity contribution in [1.82, 2.24) is 5.32 Å². The van der Waals surface area contributed by atoms with Crippen molar-refractivity contribution in [2.45, 2.75) is 32.4 Å². The fraction of sp³-hybridized carbons (Fsp3) is 0.429. The molecule has 0 saturated heterocycles. The van der Waals surface area contributed by atoms with Crippen LogP contribution in [-0.4, -0.2) is 12.8 Å². The molecular formula is C14H16ClNO2. The molecule has 4 heteroatoms. The first-order chi connectivity index (χ1) is 8.74. The summed E-state index contributed by atoms with van der Waals surface area (Å²) < 4.78 is 10.6. The molecule has 1 heterocycles. The summed E-state index contributed by atoms with van der Waals surface area (Å²) in [6.07, 6.45) is 7.49. The number of terminal acetylenes is 1. The molecule has 1 unspecified atom stereocenters. The molecule has 3 nitrogen and oxygen atoms in total. The smallest absolute Gasteiger partial charge is 0.231 e. The van der Waals surface area contributed by atoms with Gasteiger partial charge in [-0.15, -0.1) is 6.42 Å². The van der Waals surface area contributed by atoms with Crippen LogP contribution in [0.3, 0.4) is 0 Å². The summed E-state index contributed by atoms with van der Waals surface area (Å²) in [7, 11) is 0. The second kappa shape index (κ2) is 5.99. The first kappa shape index (κ1) is 13.1. The minimum atomic E-state index is 0.0965. The van der Waals surface area contributed by atoms with Gasteiger partial charge in [0.2, 0.25) is 6.79 Å². The van der Waals surface area contributed by atoms with Crippen molar-refractivity contribution in [2.24, 2.45) is 0 Å². The third-order valence-electron chi connectivity index (χ3n) is 2.82. The predicted molar refractivity (Wildman–Crippen MR) is 71.9 cm³/mol. The summed E-state index contributed by atoms with van der Waals surface area (Å²) in [5.41, 5.74) is 1.04. The Morgan fingerprint density at radius 2 is 2.33 bits per heavy atom. The van der Waals surface area contributed by atoms with E-state index in [0.717, 1.165) is 18.4 Å². The van der Waals surface area contributed by atoms with Gasteiger partial charge in [-0.2, -0.15) is 0 Å². The Labute approximate surface area is 112 Å². The minimum Gasteiger partial charge on any atom is -0.454 e. The van der Waals surface area contributed by atoms with Crippen molar-refractivity contribution in [1.29, 1.82) is 0 Å². The highest BCUT2D eigenvalue weighted by atomic mass is 35.5. The average molecular weight is 266 g/mol. The molecular weight excluding hydrogens is 250 g/mol. The lowest BCUT2D eigenvalue weighted by Gasteiger charge is -2.12. The maximum absolute atomic E-state index is 6.11. The van der Waals surface area contributed by atoms with Crippen molar-refractivity contribution < 1.29 is 9.47 Å². The monoisotopic (exact) mass is 265 g/mol. The highest BCUT2D eigenvalue weighted by molar-refractivity contribution is 6.32. The van der Waals surface area contributed by atoms with E-state index in [1.807, 2.05) is 12.1 Å². The molecule has 0 bridgehead atoms. The van der Waals surface area contributed by atoms with E-state index in [9.17, 15) is 0 Å². The number of hydrogen-bond acceptors (Lipinski definition) is 3. The largest absolute Gasteiger partial charge is 0.454 e. The van der Waals surface area contributed by atoms with Gasteiger partial charge in [-0.05, 0) is 24.1 Å². The van der Waals surface area contributed by atoms with Crippen LogP contribution in [0.4, 0.5) is 0 Å². The van der Waals surface area contributed by atoms with E-state index in [1.54, 1.807) is 0 Å². The van der Waals surface area contributed by atoms with Gasteiger partial charge in [0.1, 0.15) is 0 Å². The predicted octanol–water partition coefficient (Wildman–Crippen LogP) is 2.96. The Kier molecular flexibility index (Phi) is 4.35. The van der Waals surface area contributed by atoms with E-state index in [0.29, 0.717) is 23.1 Å². The molecule has 0 aliphatic carbocycles. The van der Waals surface area contributed by atoms with Crippen molar-refractivity contribution in [2.75, 3.05) is 6.79 Å². The van der Waals surface area contributed by atoms with E-state index in [2.05, 4.69) is 18.2 Å². The summed E-state index contributed by atoms with van der Waals surface area (Å²) in [5.74, 6) is 4.07. The zero-order valence-corrected chi connectivity index (χ0v) is 11.1. The average Bonchev–Trinajstić information content (AvgIpc) is 2.83. The van der Waals surface area contributed by atoms with E-state index < -0.39 is 0 Å². The molecule has 1 N–H and O–H groups in total. The van der Waals surface area contributed by atoms with Gasteiger partial charge in [-0.1, -0.05) is 30.9 Å². The first-order valence-electron chi connectivity index (χ1n) is 6.02. The van der Waals surface area contributed by atoms with Crippen LogP contribution < -0.4 is 14.8 Å². The van der Waals surface area contributed by atoms with Crippen LogP contribution in [0, 0.1) is 12.3 Å². The van der Waals surface area contributed by atoms with E-state index in [4.69, 9.17) is 27.5 Å². The molecule has 0 amide bonds. The van der Waals surface area contributed by atoms with Gasteiger partial charge in [0.05, 0.1) is 11.1 Å². The standard InChI is InChI=1S/C14H16ClNO2/c1-3-5-11(4-2)16-8-10-6-12(15)14-13(7-10)17-9-18-14/h2,6-7,11,16H,3,5,8-9H2,1H3. The number of hydrogen-bond donors (Lipinski definition) is 1. The van der Waals surface area contributed by atoms with Gasteiger partial charge < -0.3 is 9.47 Å². The van der Waals surface area contributed by atoms with Gasteiger partial charge >= 0.3 is 0 Å². The molecule has 0 aromatic heterocycles. The van der Waals surface area contributed by atoms with Crippen LogP contribution in [0.25, 0.3) is 0 Å². The molecule has 1 aromatic rings. The number of halogens is 1. The Hall–Kier alpha value is -1.37. The van der Waals surface area contributed by atoms with Crippen LogP contribution in [0.5, 0.6) is 11.5 Å². The molecule has 0 fully saturated rings. The van der Waals surface area contributed by atoms with Crippen molar-refractivity contribution >= 4 is 11.6 Å². The van der Waals surface area contributed by atoms with Gasteiger partial charge in [-0.25, -0.2) is 0 Å². The second-order valence-electron chi connectivity index (χ2n) is 4.20. The third-order valence-corrected chi connectivity index (χ3v) is 3.10. The number of ether oxygens (including phenoxy) is 2. The zero-order valence-electron chi connectivity index (χ0n) is 10.3. The van der Waals surface area contributed by atoms with Gasteiger partial charge in [0, 0.05) is 6.54 Å². The fourth-order valence-corrected chi connectivity index (χ4v) is 2.18. The van der Waals surface area contributed by atoms with Gasteiger partial charge in [-0.3, -0.25) is 5.32 Å². The second-order valence-corrected chi connectivity index (χ2v) is 4.61. The number of fused-ring (bicyclic) bond motifs is 1. The summed E-state index contributed by atoms with van der Waals surface area (Å²) >= 11 is 6.11. The lowest BCUT2D eigenvalue weighted by molar-refractivity contribution is 0.174. The fourth-order valence-electron chi connectivity index (χ4n) is 1.90. The summed E-state index contributed by atoms with van der Waals surface area (Å²) in [5, 5.41) is 3.89. The van der Waals surface area contributed by atoms with E-state index >= 15 is 0 Å². The molecule has 96 valence electrons. The SMILES string of the molecule is C#CC(CCC)NCc1cc(Cl)c2c(c1)OCO2. The highest BCUT2D eigenvalue weighted by Gasteiger charge is 2.18. The van der Waals surface area contributed by atoms with Gasteiger partial charge in [0.15, 0.2) is 11.5 Å². The Balaban J connectivity index is 2.02. The first-order valence-corrected chi connectivity index (χ1v) is 6.40. The maximum Gasteiger partial charge on any atom is 0.231 e. The Morgan fingerprint density at radius 3 is 3.06 bits per heavy atom. The molecule has 1 atom stereocenters. The van der Waals surface area contributed by atoms with Crippen molar-refractivity contribution in [3.05, 3.63) is 22.7 Å². The van der Waals surface area contributed by atoms with Crippen LogP contribution in [0.1, 0.15) is 25.3 Å². The third kappa shape index (κ3) is 2.90. The molecule has 2 rings (SSSR count). The van der Waals surface area contributed by atoms with Crippen LogP contribution in [0.2, 0.25) is 5.02 Å². The lowest BCUT2D eigenvalue weighted by Crippen LogP contribution is -2.26. The maximum atomic E-state index is 6.11. The molecule has 0 radical (unpaired) electrons. The van der Waals surface area contributed by atoms with E-state index in [1.165, 1.54) is 0 Å². The zero-order chi connectivity index (χ0) is 13.0. The Morgan fingerprint density at radius 1 is 1.50 bits per heavy atom. The number of rotatable bonds is 5. The summed E-state index contributed by atoms with van der Waals surface area (Å²) in [6.45, 7) is 3.02. The van der Waals surface area contributed by atoms with Crippen molar-refractivity contribution in [3.63, 3.8) is 0 Å². The molecule has 0 spiro atoms. The Bertz CT molecular complexity index is 468. The molecule has 1 aliphatic heterocycles. The number of nitrogens with one attached hydrogen (secondary N) is 1. The van der Waals surface area contributed by atoms with Crippen LogP contribution in [0.15, 0.2) is 12.1 Å². The normalized spacial score (nSPS) is 14.3. The highest BCUT2D eigenvalue weighted by Crippen LogP contribution is 2.39. The van der Waals surface area contributed by atoms with Crippen LogP contribution >= 0.6 is 11.6 Å². The van der Waals surface area contributed by atoms with Crippen LogP contribution in [-0.2, 0) is 6.54 Å². The number of benzene rings is 1. The molecule has 1 aliphatic rings. The lowest BCUT2D eigenvalue weighted by atomic mass is 10.1. The summed E-state index contributed by atoms with van der Waals surface area (Å²) in [6, 6.07) is 3.90. The van der Waals surface area contributed by atoms with Gasteiger partial charge in [0.25, 0.3) is 0 Å². The minimum absolute atomic E-state index is 0.0965. The van der Waals surface area contributed by atoms with Crippen molar-refractivity contribution in [3.8, 4) is 23.8 Å². The quantitative estimate of drug-likeness (QED) is 0.831. The molecule has 18 heavy (non-hydrogen) atoms. The topological polar surface area (TPSA) is 30.5 Å².